The van der Waals surface area contributed by atoms with Crippen molar-refractivity contribution in [1.82, 2.24) is 14.7 Å². The lowest BCUT2D eigenvalue weighted by atomic mass is 10.3. The highest BCUT2D eigenvalue weighted by Gasteiger charge is 2.16. The number of anilines is 2. The van der Waals surface area contributed by atoms with Gasteiger partial charge in [-0.1, -0.05) is 0 Å². The number of carbonyl (C=O) groups is 1. The molecule has 1 aromatic rings. The summed E-state index contributed by atoms with van der Waals surface area (Å²) in [6.07, 6.45) is 1.69. The second-order valence-corrected chi connectivity index (χ2v) is 3.71. The zero-order chi connectivity index (χ0) is 11.6. The van der Waals surface area contributed by atoms with Crippen molar-refractivity contribution in [3.8, 4) is 0 Å². The predicted octanol–water partition coefficient (Wildman–Crippen LogP) is -0.109. The first kappa shape index (κ1) is 11.4. The van der Waals surface area contributed by atoms with Crippen LogP contribution in [0.5, 0.6) is 0 Å². The maximum atomic E-state index is 11.6. The van der Waals surface area contributed by atoms with Crippen molar-refractivity contribution < 1.29 is 4.79 Å². The molecule has 0 aliphatic heterocycles. The summed E-state index contributed by atoms with van der Waals surface area (Å²) in [5.41, 5.74) is 6.23. The normalized spacial score (nSPS) is 12.3. The van der Waals surface area contributed by atoms with Crippen LogP contribution in [-0.4, -0.2) is 40.7 Å². The van der Waals surface area contributed by atoms with Gasteiger partial charge in [-0.3, -0.25) is 9.48 Å². The Hall–Kier alpha value is -1.72. The standard InChI is InChI=1S/C9H17N5O/c1-6(9(15)13(2)3)11-8-7(10)5-14(4)12-8/h5-6H,10H2,1-4H3,(H,11,12). The van der Waals surface area contributed by atoms with Crippen LogP contribution in [0.2, 0.25) is 0 Å². The first-order valence-corrected chi connectivity index (χ1v) is 4.68. The van der Waals surface area contributed by atoms with Crippen LogP contribution in [-0.2, 0) is 11.8 Å². The Morgan fingerprint density at radius 3 is 2.67 bits per heavy atom. The van der Waals surface area contributed by atoms with Gasteiger partial charge in [0.05, 0.1) is 5.69 Å². The molecule has 0 aliphatic carbocycles. The second-order valence-electron chi connectivity index (χ2n) is 3.71. The summed E-state index contributed by atoms with van der Waals surface area (Å²) >= 11 is 0. The summed E-state index contributed by atoms with van der Waals surface area (Å²) in [5, 5.41) is 7.07. The van der Waals surface area contributed by atoms with Crippen molar-refractivity contribution in [1.29, 1.82) is 0 Å². The lowest BCUT2D eigenvalue weighted by Crippen LogP contribution is -2.36. The highest BCUT2D eigenvalue weighted by molar-refractivity contribution is 5.84. The molecule has 1 unspecified atom stereocenters. The molecule has 84 valence electrons. The number of hydrogen-bond acceptors (Lipinski definition) is 4. The molecule has 6 heteroatoms. The van der Waals surface area contributed by atoms with E-state index in [-0.39, 0.29) is 11.9 Å². The summed E-state index contributed by atoms with van der Waals surface area (Å²) in [6, 6.07) is -0.336. The summed E-state index contributed by atoms with van der Waals surface area (Å²) in [6.45, 7) is 1.77. The fourth-order valence-electron chi connectivity index (χ4n) is 1.27. The fraction of sp³-hybridized carbons (Fsp3) is 0.556. The van der Waals surface area contributed by atoms with Gasteiger partial charge in [0.25, 0.3) is 0 Å². The lowest BCUT2D eigenvalue weighted by Gasteiger charge is -2.17. The third-order valence-electron chi connectivity index (χ3n) is 2.02. The van der Waals surface area contributed by atoms with Gasteiger partial charge in [-0.15, -0.1) is 0 Å². The van der Waals surface area contributed by atoms with E-state index in [4.69, 9.17) is 5.73 Å². The quantitative estimate of drug-likeness (QED) is 0.731. The maximum Gasteiger partial charge on any atom is 0.244 e. The topological polar surface area (TPSA) is 76.2 Å². The zero-order valence-electron chi connectivity index (χ0n) is 9.48. The zero-order valence-corrected chi connectivity index (χ0v) is 9.48. The number of carbonyl (C=O) groups excluding carboxylic acids is 1. The van der Waals surface area contributed by atoms with Gasteiger partial charge in [-0.2, -0.15) is 5.10 Å². The van der Waals surface area contributed by atoms with Crippen LogP contribution >= 0.6 is 0 Å². The molecule has 1 rings (SSSR count). The monoisotopic (exact) mass is 211 g/mol. The third kappa shape index (κ3) is 2.61. The minimum absolute atomic E-state index is 0.0138. The average Bonchev–Trinajstić information content (AvgIpc) is 2.43. The number of nitrogens with one attached hydrogen (secondary N) is 1. The summed E-state index contributed by atoms with van der Waals surface area (Å²) in [7, 11) is 5.20. The number of rotatable bonds is 3. The number of hydrogen-bond donors (Lipinski definition) is 2. The molecule has 1 aromatic heterocycles. The van der Waals surface area contributed by atoms with Crippen molar-refractivity contribution in [3.63, 3.8) is 0 Å². The largest absolute Gasteiger partial charge is 0.394 e. The Morgan fingerprint density at radius 2 is 2.27 bits per heavy atom. The molecule has 15 heavy (non-hydrogen) atoms. The molecule has 0 saturated carbocycles. The van der Waals surface area contributed by atoms with Gasteiger partial charge in [-0.05, 0) is 6.92 Å². The van der Waals surface area contributed by atoms with Crippen LogP contribution < -0.4 is 11.1 Å². The molecule has 0 radical (unpaired) electrons. The average molecular weight is 211 g/mol. The Morgan fingerprint density at radius 1 is 1.67 bits per heavy atom. The first-order chi connectivity index (χ1) is 6.91. The van der Waals surface area contributed by atoms with E-state index in [1.165, 1.54) is 4.90 Å². The van der Waals surface area contributed by atoms with Gasteiger partial charge in [0.2, 0.25) is 5.91 Å². The van der Waals surface area contributed by atoms with E-state index in [2.05, 4.69) is 10.4 Å². The molecule has 0 aliphatic rings. The van der Waals surface area contributed by atoms with Crippen LogP contribution in [0.3, 0.4) is 0 Å². The van der Waals surface area contributed by atoms with E-state index < -0.39 is 0 Å². The van der Waals surface area contributed by atoms with Crippen LogP contribution in [0.1, 0.15) is 6.92 Å². The Balaban J connectivity index is 2.70. The summed E-state index contributed by atoms with van der Waals surface area (Å²) in [5.74, 6) is 0.528. The van der Waals surface area contributed by atoms with Gasteiger partial charge in [0.1, 0.15) is 6.04 Å². The van der Waals surface area contributed by atoms with E-state index in [1.807, 2.05) is 0 Å². The van der Waals surface area contributed by atoms with Gasteiger partial charge in [-0.25, -0.2) is 0 Å². The number of aryl methyl sites for hydroxylation is 1. The molecule has 0 saturated heterocycles. The van der Waals surface area contributed by atoms with E-state index in [9.17, 15) is 4.79 Å². The molecule has 0 aromatic carbocycles. The highest BCUT2D eigenvalue weighted by Crippen LogP contribution is 2.15. The second kappa shape index (κ2) is 4.20. The van der Waals surface area contributed by atoms with Crippen LogP contribution in [0.4, 0.5) is 11.5 Å². The number of nitrogens with zero attached hydrogens (tertiary/aromatic N) is 3. The molecular weight excluding hydrogens is 194 g/mol. The van der Waals surface area contributed by atoms with Crippen LogP contribution in [0.15, 0.2) is 6.20 Å². The fourth-order valence-corrected chi connectivity index (χ4v) is 1.27. The van der Waals surface area contributed by atoms with Crippen molar-refractivity contribution in [2.24, 2.45) is 7.05 Å². The molecule has 1 atom stereocenters. The molecule has 0 bridgehead atoms. The number of likely N-dealkylation sites (N-methyl/N-ethyl adjacent to an activating group) is 1. The van der Waals surface area contributed by atoms with E-state index >= 15 is 0 Å². The van der Waals surface area contributed by atoms with Crippen molar-refractivity contribution in [2.45, 2.75) is 13.0 Å². The minimum atomic E-state index is -0.336. The molecular formula is C9H17N5O. The number of nitrogens with two attached hydrogens (primary N) is 1. The van der Waals surface area contributed by atoms with Gasteiger partial charge < -0.3 is 16.0 Å². The van der Waals surface area contributed by atoms with Crippen molar-refractivity contribution >= 4 is 17.4 Å². The third-order valence-corrected chi connectivity index (χ3v) is 2.02. The van der Waals surface area contributed by atoms with Gasteiger partial charge in [0, 0.05) is 27.3 Å². The maximum absolute atomic E-state index is 11.6. The molecule has 3 N–H and O–H groups in total. The number of amides is 1. The highest BCUT2D eigenvalue weighted by atomic mass is 16.2. The number of aromatic nitrogens is 2. The Kier molecular flexibility index (Phi) is 3.18. The van der Waals surface area contributed by atoms with Crippen LogP contribution in [0.25, 0.3) is 0 Å². The first-order valence-electron chi connectivity index (χ1n) is 4.68. The van der Waals surface area contributed by atoms with Crippen LogP contribution in [0, 0.1) is 0 Å². The predicted molar refractivity (Wildman–Crippen MR) is 59.4 cm³/mol. The summed E-state index contributed by atoms with van der Waals surface area (Å²) in [4.78, 5) is 13.1. The van der Waals surface area contributed by atoms with E-state index in [0.29, 0.717) is 11.5 Å². The molecule has 6 nitrogen and oxygen atoms in total. The summed E-state index contributed by atoms with van der Waals surface area (Å²) < 4.78 is 1.60. The molecule has 0 spiro atoms. The SMILES string of the molecule is CC(Nc1nn(C)cc1N)C(=O)N(C)C. The number of nitrogen functional groups attached to an aromatic ring is 1. The van der Waals surface area contributed by atoms with Gasteiger partial charge in [0.15, 0.2) is 5.82 Å². The molecule has 0 fully saturated rings. The molecule has 1 amide bonds. The van der Waals surface area contributed by atoms with Gasteiger partial charge >= 0.3 is 0 Å². The smallest absolute Gasteiger partial charge is 0.244 e. The Bertz CT molecular complexity index is 357. The van der Waals surface area contributed by atoms with E-state index in [1.54, 1.807) is 38.9 Å². The van der Waals surface area contributed by atoms with Crippen molar-refractivity contribution in [3.05, 3.63) is 6.20 Å². The van der Waals surface area contributed by atoms with E-state index in [0.717, 1.165) is 0 Å². The lowest BCUT2D eigenvalue weighted by molar-refractivity contribution is -0.129. The molecule has 1 heterocycles. The van der Waals surface area contributed by atoms with Crippen molar-refractivity contribution in [2.75, 3.05) is 25.1 Å². The Labute approximate surface area is 89.0 Å². The minimum Gasteiger partial charge on any atom is -0.394 e.